The van der Waals surface area contributed by atoms with Crippen molar-refractivity contribution in [2.45, 2.75) is 20.3 Å². The first kappa shape index (κ1) is 25.5. The van der Waals surface area contributed by atoms with E-state index in [1.54, 1.807) is 0 Å². The van der Waals surface area contributed by atoms with Crippen LogP contribution in [0.1, 0.15) is 35.9 Å². The summed E-state index contributed by atoms with van der Waals surface area (Å²) in [5.74, 6) is 1.36. The number of hydrogen-bond acceptors (Lipinski definition) is 6. The van der Waals surface area contributed by atoms with Crippen molar-refractivity contribution in [3.63, 3.8) is 0 Å². The normalized spacial score (nSPS) is 12.1. The van der Waals surface area contributed by atoms with Crippen molar-refractivity contribution in [3.05, 3.63) is 122 Å². The van der Waals surface area contributed by atoms with E-state index in [0.29, 0.717) is 21.9 Å². The van der Waals surface area contributed by atoms with E-state index in [4.69, 9.17) is 9.84 Å². The van der Waals surface area contributed by atoms with Crippen LogP contribution in [0, 0.1) is 6.92 Å². The second-order valence-electron chi connectivity index (χ2n) is 9.37. The molecule has 40 heavy (non-hydrogen) atoms. The number of ether oxygens (including phenoxy) is 1. The van der Waals surface area contributed by atoms with Crippen LogP contribution in [-0.4, -0.2) is 31.0 Å². The van der Waals surface area contributed by atoms with Gasteiger partial charge in [0.1, 0.15) is 11.4 Å². The summed E-state index contributed by atoms with van der Waals surface area (Å²) in [5.41, 5.74) is 5.36. The number of aromatic nitrogens is 5. The molecule has 3 heterocycles. The number of nitrogens with zero attached hydrogens (tertiary/aromatic N) is 5. The van der Waals surface area contributed by atoms with E-state index >= 15 is 0 Å². The summed E-state index contributed by atoms with van der Waals surface area (Å²) in [5, 5.41) is 9.35. The molecule has 0 aliphatic rings. The zero-order chi connectivity index (χ0) is 27.5. The lowest BCUT2D eigenvalue weighted by atomic mass is 10.0. The summed E-state index contributed by atoms with van der Waals surface area (Å²) in [6, 6.07) is 25.9. The van der Waals surface area contributed by atoms with Crippen LogP contribution in [0.2, 0.25) is 0 Å². The van der Waals surface area contributed by atoms with Gasteiger partial charge in [-0.1, -0.05) is 72.9 Å². The maximum Gasteiger partial charge on any atom is 0.291 e. The zero-order valence-corrected chi connectivity index (χ0v) is 23.0. The van der Waals surface area contributed by atoms with Gasteiger partial charge in [0, 0.05) is 17.3 Å². The Bertz CT molecular complexity index is 1920. The fourth-order valence-corrected chi connectivity index (χ4v) is 5.30. The van der Waals surface area contributed by atoms with Crippen molar-refractivity contribution in [1.29, 1.82) is 0 Å². The van der Waals surface area contributed by atoms with Gasteiger partial charge in [0.25, 0.3) is 5.56 Å². The molecular weight excluding hydrogens is 518 g/mol. The van der Waals surface area contributed by atoms with Crippen molar-refractivity contribution in [1.82, 2.24) is 24.4 Å². The van der Waals surface area contributed by atoms with Crippen molar-refractivity contribution in [2.75, 3.05) is 6.61 Å². The number of rotatable bonds is 8. The SMILES string of the molecule is CCCOc1ccc(-c2nn(-c3ccccc3)cc2C=c2sc3nc(C=Cc4ccccc4)nn3c2=O)cc1C. The first-order valence-corrected chi connectivity index (χ1v) is 13.9. The number of hydrogen-bond donors (Lipinski definition) is 0. The Morgan fingerprint density at radius 1 is 0.950 bits per heavy atom. The van der Waals surface area contributed by atoms with E-state index in [-0.39, 0.29) is 5.56 Å². The van der Waals surface area contributed by atoms with Gasteiger partial charge in [-0.25, -0.2) is 4.68 Å². The Balaban J connectivity index is 1.41. The summed E-state index contributed by atoms with van der Waals surface area (Å²) in [4.78, 5) is 18.4. The van der Waals surface area contributed by atoms with Gasteiger partial charge < -0.3 is 4.74 Å². The highest BCUT2D eigenvalue weighted by Crippen LogP contribution is 2.29. The number of aryl methyl sites for hydroxylation is 1. The first-order chi connectivity index (χ1) is 19.6. The molecule has 0 bridgehead atoms. The summed E-state index contributed by atoms with van der Waals surface area (Å²) in [6.45, 7) is 4.80. The van der Waals surface area contributed by atoms with Crippen LogP contribution in [0.25, 0.3) is 40.1 Å². The van der Waals surface area contributed by atoms with Crippen LogP contribution < -0.4 is 14.8 Å². The molecule has 0 saturated heterocycles. The quantitative estimate of drug-likeness (QED) is 0.241. The Labute approximate surface area is 235 Å². The van der Waals surface area contributed by atoms with Crippen LogP contribution in [0.15, 0.2) is 89.9 Å². The molecule has 0 aliphatic heterocycles. The van der Waals surface area contributed by atoms with E-state index in [9.17, 15) is 4.79 Å². The lowest BCUT2D eigenvalue weighted by Crippen LogP contribution is -2.23. The molecule has 0 radical (unpaired) electrons. The number of thiazole rings is 1. The number of fused-ring (bicyclic) bond motifs is 1. The highest BCUT2D eigenvalue weighted by atomic mass is 32.1. The van der Waals surface area contributed by atoms with Gasteiger partial charge in [0.2, 0.25) is 4.96 Å². The molecular formula is C32H27N5O2S. The predicted molar refractivity (Wildman–Crippen MR) is 161 cm³/mol. The van der Waals surface area contributed by atoms with Crippen LogP contribution in [0.5, 0.6) is 5.75 Å². The fourth-order valence-electron chi connectivity index (χ4n) is 4.40. The summed E-state index contributed by atoms with van der Waals surface area (Å²) in [7, 11) is 0. The van der Waals surface area contributed by atoms with E-state index in [0.717, 1.165) is 45.8 Å². The molecule has 198 valence electrons. The molecule has 0 spiro atoms. The molecule has 3 aromatic carbocycles. The Hall–Kier alpha value is -4.82. The third-order valence-corrected chi connectivity index (χ3v) is 7.34. The summed E-state index contributed by atoms with van der Waals surface area (Å²) in [6.07, 6.45) is 8.52. The molecule has 6 aromatic rings. The molecule has 3 aromatic heterocycles. The monoisotopic (exact) mass is 545 g/mol. The fraction of sp³-hybridized carbons (Fsp3) is 0.125. The van der Waals surface area contributed by atoms with Crippen molar-refractivity contribution >= 4 is 34.5 Å². The molecule has 0 fully saturated rings. The summed E-state index contributed by atoms with van der Waals surface area (Å²) < 4.78 is 9.63. The van der Waals surface area contributed by atoms with Crippen LogP contribution in [-0.2, 0) is 0 Å². The van der Waals surface area contributed by atoms with Gasteiger partial charge >= 0.3 is 0 Å². The largest absolute Gasteiger partial charge is 0.493 e. The first-order valence-electron chi connectivity index (χ1n) is 13.1. The van der Waals surface area contributed by atoms with Gasteiger partial charge in [0.15, 0.2) is 5.82 Å². The lowest BCUT2D eigenvalue weighted by molar-refractivity contribution is 0.315. The second-order valence-corrected chi connectivity index (χ2v) is 10.4. The minimum atomic E-state index is -0.204. The topological polar surface area (TPSA) is 74.3 Å². The molecule has 0 saturated carbocycles. The van der Waals surface area contributed by atoms with Crippen LogP contribution >= 0.6 is 11.3 Å². The molecule has 0 aliphatic carbocycles. The predicted octanol–water partition coefficient (Wildman–Crippen LogP) is 5.82. The lowest BCUT2D eigenvalue weighted by Gasteiger charge is -2.09. The maximum atomic E-state index is 13.3. The van der Waals surface area contributed by atoms with Gasteiger partial charge in [-0.05, 0) is 67.0 Å². The average molecular weight is 546 g/mol. The summed E-state index contributed by atoms with van der Waals surface area (Å²) >= 11 is 1.32. The molecule has 8 heteroatoms. The van der Waals surface area contributed by atoms with Crippen LogP contribution in [0.3, 0.4) is 0 Å². The van der Waals surface area contributed by atoms with Gasteiger partial charge in [-0.15, -0.1) is 5.10 Å². The van der Waals surface area contributed by atoms with E-state index < -0.39 is 0 Å². The molecule has 6 rings (SSSR count). The van der Waals surface area contributed by atoms with E-state index in [2.05, 4.69) is 23.1 Å². The number of para-hydroxylation sites is 1. The molecule has 0 unspecified atom stereocenters. The number of benzene rings is 3. The highest BCUT2D eigenvalue weighted by Gasteiger charge is 2.15. The zero-order valence-electron chi connectivity index (χ0n) is 22.2. The van der Waals surface area contributed by atoms with Crippen LogP contribution in [0.4, 0.5) is 0 Å². The van der Waals surface area contributed by atoms with E-state index in [1.165, 1.54) is 15.9 Å². The minimum absolute atomic E-state index is 0.204. The Morgan fingerprint density at radius 2 is 1.73 bits per heavy atom. The standard InChI is InChI=1S/C32H27N5O2S/c1-3-18-39-27-16-15-24(19-22(27)2)30-25(21-36(35-30)26-12-8-5-9-13-26)20-28-31(38)37-32(40-28)33-29(34-37)17-14-23-10-6-4-7-11-23/h4-17,19-21H,3,18H2,1-2H3. The van der Waals surface area contributed by atoms with Gasteiger partial charge in [-0.2, -0.15) is 14.6 Å². The molecule has 7 nitrogen and oxygen atoms in total. The van der Waals surface area contributed by atoms with Crippen molar-refractivity contribution in [3.8, 4) is 22.7 Å². The minimum Gasteiger partial charge on any atom is -0.493 e. The second kappa shape index (κ2) is 11.1. The third kappa shape index (κ3) is 5.21. The van der Waals surface area contributed by atoms with Crippen molar-refractivity contribution < 1.29 is 4.74 Å². The van der Waals surface area contributed by atoms with E-state index in [1.807, 2.05) is 109 Å². The van der Waals surface area contributed by atoms with Gasteiger partial charge in [0.05, 0.1) is 16.8 Å². The van der Waals surface area contributed by atoms with Crippen molar-refractivity contribution in [2.24, 2.45) is 0 Å². The smallest absolute Gasteiger partial charge is 0.291 e. The Kier molecular flexibility index (Phi) is 7.08. The van der Waals surface area contributed by atoms with Gasteiger partial charge in [-0.3, -0.25) is 4.79 Å². The molecule has 0 N–H and O–H groups in total. The molecule has 0 amide bonds. The average Bonchev–Trinajstić information content (AvgIpc) is 3.67. The Morgan fingerprint density at radius 3 is 2.45 bits per heavy atom. The maximum absolute atomic E-state index is 13.3. The third-order valence-electron chi connectivity index (χ3n) is 6.38. The molecule has 0 atom stereocenters. The highest BCUT2D eigenvalue weighted by molar-refractivity contribution is 7.15.